The van der Waals surface area contributed by atoms with Crippen LogP contribution in [0.25, 0.3) is 11.1 Å². The Labute approximate surface area is 304 Å². The smallest absolute Gasteiger partial charge is 0.460 e. The predicted octanol–water partition coefficient (Wildman–Crippen LogP) is 11.7. The van der Waals surface area contributed by atoms with Gasteiger partial charge in [0.1, 0.15) is 5.75 Å². The summed E-state index contributed by atoms with van der Waals surface area (Å²) in [4.78, 5) is 25.0. The molecule has 0 aliphatic heterocycles. The number of alkyl halides is 13. The molecule has 0 aliphatic rings. The fourth-order valence-corrected chi connectivity index (χ4v) is 4.84. The van der Waals surface area contributed by atoms with Crippen molar-refractivity contribution in [2.24, 2.45) is 0 Å². The van der Waals surface area contributed by atoms with Gasteiger partial charge in [0.05, 0.1) is 30.3 Å². The minimum absolute atomic E-state index is 0.0494. The molecule has 0 radical (unpaired) electrons. The van der Waals surface area contributed by atoms with E-state index in [-0.39, 0.29) is 16.9 Å². The molecule has 0 fully saturated rings. The van der Waals surface area contributed by atoms with Gasteiger partial charge in [0.15, 0.2) is 11.6 Å². The van der Waals surface area contributed by atoms with Crippen molar-refractivity contribution in [1.82, 2.24) is 0 Å². The molecule has 1 atom stereocenters. The molecule has 0 N–H and O–H groups in total. The zero-order valence-corrected chi connectivity index (χ0v) is 28.7. The molecule has 55 heavy (non-hydrogen) atoms. The number of hydrogen-bond acceptors (Lipinski definition) is 5. The molecule has 3 aromatic rings. The second-order valence-electron chi connectivity index (χ2n) is 12.3. The van der Waals surface area contributed by atoms with Crippen molar-refractivity contribution in [2.45, 2.75) is 94.3 Å². The highest BCUT2D eigenvalue weighted by Crippen LogP contribution is 2.60. The molecule has 0 bridgehead atoms. The number of carbonyl (C=O) groups is 2. The molecular weight excluding hydrogens is 778 g/mol. The largest absolute Gasteiger partial charge is 0.493 e. The lowest BCUT2D eigenvalue weighted by molar-refractivity contribution is -0.440. The van der Waals surface area contributed by atoms with Gasteiger partial charge in [0.2, 0.25) is 0 Å². The Hall–Kier alpha value is -4.58. The fraction of sp³-hybridized carbons (Fsp3) is 0.444. The molecule has 0 heterocycles. The molecule has 3 rings (SSSR count). The van der Waals surface area contributed by atoms with E-state index in [1.807, 2.05) is 0 Å². The summed E-state index contributed by atoms with van der Waals surface area (Å²) in [5.41, 5.74) is 0.622. The maximum atomic E-state index is 14.7. The first-order valence-corrected chi connectivity index (χ1v) is 16.3. The molecule has 0 spiro atoms. The average Bonchev–Trinajstić information content (AvgIpc) is 3.10. The molecule has 0 aromatic heterocycles. The zero-order valence-electron chi connectivity index (χ0n) is 28.7. The average molecular weight is 811 g/mol. The van der Waals surface area contributed by atoms with Crippen molar-refractivity contribution in [1.29, 1.82) is 0 Å². The van der Waals surface area contributed by atoms with Crippen molar-refractivity contribution in [3.63, 3.8) is 0 Å². The zero-order chi connectivity index (χ0) is 41.6. The van der Waals surface area contributed by atoms with Crippen LogP contribution in [0.4, 0.5) is 61.5 Å². The van der Waals surface area contributed by atoms with E-state index in [0.29, 0.717) is 17.5 Å². The van der Waals surface area contributed by atoms with Crippen LogP contribution >= 0.6 is 0 Å². The first-order chi connectivity index (χ1) is 25.3. The van der Waals surface area contributed by atoms with Gasteiger partial charge in [-0.15, -0.1) is 0 Å². The number of halogens is 14. The first kappa shape index (κ1) is 44.8. The normalized spacial score (nSPS) is 13.7. The van der Waals surface area contributed by atoms with Crippen LogP contribution in [0.1, 0.15) is 73.1 Å². The maximum Gasteiger partial charge on any atom is 0.460 e. The summed E-state index contributed by atoms with van der Waals surface area (Å²) in [7, 11) is 0. The quantitative estimate of drug-likeness (QED) is 0.0554. The molecular formula is C36H32F14O5. The Kier molecular flexibility index (Phi) is 13.9. The Balaban J connectivity index is 1.59. The van der Waals surface area contributed by atoms with Crippen LogP contribution in [-0.2, 0) is 4.74 Å². The summed E-state index contributed by atoms with van der Waals surface area (Å²) < 4.78 is 203. The summed E-state index contributed by atoms with van der Waals surface area (Å²) in [5, 5.41) is 0. The van der Waals surface area contributed by atoms with E-state index >= 15 is 0 Å². The molecule has 19 heteroatoms. The van der Waals surface area contributed by atoms with Crippen molar-refractivity contribution < 1.29 is 85.3 Å². The third-order valence-corrected chi connectivity index (χ3v) is 8.13. The number of hydrogen-bond donors (Lipinski definition) is 0. The second kappa shape index (κ2) is 17.1. The lowest BCUT2D eigenvalue weighted by Crippen LogP contribution is -2.70. The van der Waals surface area contributed by atoms with Gasteiger partial charge in [0, 0.05) is 0 Å². The van der Waals surface area contributed by atoms with Crippen LogP contribution in [-0.4, -0.2) is 60.4 Å². The maximum absolute atomic E-state index is 14.7. The number of benzene rings is 3. The molecule has 0 aliphatic carbocycles. The van der Waals surface area contributed by atoms with Crippen LogP contribution < -0.4 is 9.47 Å². The number of rotatable bonds is 18. The SMILES string of the molecule is CCCCCCC(C)OC(=O)c1ccc(OC(=O)c2ccc(-c3ccc(OCCC(F)(F)C(F)(F)C(F)(F)C(F)(F)C(F)(F)C(F)(F)F)cc3)cc2)c(F)c1. The van der Waals surface area contributed by atoms with Gasteiger partial charge in [-0.2, -0.15) is 57.1 Å². The van der Waals surface area contributed by atoms with Gasteiger partial charge in [-0.05, 0) is 73.4 Å². The Morgan fingerprint density at radius 2 is 1.16 bits per heavy atom. The summed E-state index contributed by atoms with van der Waals surface area (Å²) in [6.45, 7) is 2.17. The van der Waals surface area contributed by atoms with Crippen molar-refractivity contribution >= 4 is 11.9 Å². The highest BCUT2D eigenvalue weighted by Gasteiger charge is 2.90. The predicted molar refractivity (Wildman–Crippen MR) is 168 cm³/mol. The summed E-state index contributed by atoms with van der Waals surface area (Å²) in [6, 6.07) is 13.1. The van der Waals surface area contributed by atoms with Crippen LogP contribution in [0.2, 0.25) is 0 Å². The van der Waals surface area contributed by atoms with Crippen LogP contribution in [0.3, 0.4) is 0 Å². The molecule has 5 nitrogen and oxygen atoms in total. The van der Waals surface area contributed by atoms with Crippen LogP contribution in [0, 0.1) is 5.82 Å². The lowest BCUT2D eigenvalue weighted by atomic mass is 9.93. The summed E-state index contributed by atoms with van der Waals surface area (Å²) in [5.74, 6) is -40.9. The highest BCUT2D eigenvalue weighted by molar-refractivity contribution is 5.92. The van der Waals surface area contributed by atoms with E-state index in [1.54, 1.807) is 6.92 Å². The van der Waals surface area contributed by atoms with E-state index < -0.39 is 78.4 Å². The summed E-state index contributed by atoms with van der Waals surface area (Å²) >= 11 is 0. The van der Waals surface area contributed by atoms with Gasteiger partial charge in [-0.25, -0.2) is 14.0 Å². The van der Waals surface area contributed by atoms with Crippen molar-refractivity contribution in [3.05, 3.63) is 83.7 Å². The molecule has 1 unspecified atom stereocenters. The Bertz CT molecular complexity index is 1760. The van der Waals surface area contributed by atoms with Crippen LogP contribution in [0.15, 0.2) is 66.7 Å². The standard InChI is InChI=1S/C36H32F14O5/c1-3-4-5-6-7-21(2)54-30(52)25-14-17-28(27(37)20-25)55-29(51)24-10-8-22(9-11-24)23-12-15-26(16-13-23)53-19-18-31(38,39)32(40,41)33(42,43)34(44,45)35(46,47)36(48,49)50/h8-17,20-21H,3-7,18-19H2,1-2H3. The fourth-order valence-electron chi connectivity index (χ4n) is 4.84. The molecule has 0 saturated heterocycles. The van der Waals surface area contributed by atoms with E-state index in [1.165, 1.54) is 42.5 Å². The monoisotopic (exact) mass is 810 g/mol. The Morgan fingerprint density at radius 1 is 0.636 bits per heavy atom. The molecule has 304 valence electrons. The number of ether oxygens (including phenoxy) is 3. The van der Waals surface area contributed by atoms with Gasteiger partial charge in [-0.1, -0.05) is 50.5 Å². The Morgan fingerprint density at radius 3 is 1.69 bits per heavy atom. The van der Waals surface area contributed by atoms with Gasteiger partial charge >= 0.3 is 47.7 Å². The third kappa shape index (κ3) is 9.81. The molecule has 3 aromatic carbocycles. The molecule has 0 saturated carbocycles. The van der Waals surface area contributed by atoms with Gasteiger partial charge in [0.25, 0.3) is 0 Å². The van der Waals surface area contributed by atoms with Crippen molar-refractivity contribution in [2.75, 3.05) is 6.61 Å². The first-order valence-electron chi connectivity index (χ1n) is 16.3. The third-order valence-electron chi connectivity index (χ3n) is 8.13. The topological polar surface area (TPSA) is 61.8 Å². The number of unbranched alkanes of at least 4 members (excludes halogenated alkanes) is 3. The van der Waals surface area contributed by atoms with E-state index in [0.717, 1.165) is 49.9 Å². The molecule has 0 amide bonds. The lowest BCUT2D eigenvalue weighted by Gasteiger charge is -2.39. The van der Waals surface area contributed by atoms with E-state index in [4.69, 9.17) is 14.2 Å². The minimum atomic E-state index is -7.98. The van der Waals surface area contributed by atoms with Gasteiger partial charge in [-0.3, -0.25) is 0 Å². The van der Waals surface area contributed by atoms with Crippen molar-refractivity contribution in [3.8, 4) is 22.6 Å². The second-order valence-corrected chi connectivity index (χ2v) is 12.3. The van der Waals surface area contributed by atoms with E-state index in [2.05, 4.69) is 6.92 Å². The van der Waals surface area contributed by atoms with Gasteiger partial charge < -0.3 is 14.2 Å². The minimum Gasteiger partial charge on any atom is -0.493 e. The summed E-state index contributed by atoms with van der Waals surface area (Å²) in [6.07, 6.45) is -5.81. The highest BCUT2D eigenvalue weighted by atomic mass is 19.4. The number of carbonyl (C=O) groups excluding carboxylic acids is 2. The number of esters is 2. The van der Waals surface area contributed by atoms with E-state index in [9.17, 15) is 71.1 Å². The van der Waals surface area contributed by atoms with Crippen LogP contribution in [0.5, 0.6) is 11.5 Å².